The van der Waals surface area contributed by atoms with Gasteiger partial charge in [0.05, 0.1) is 18.8 Å². The molecule has 1 fully saturated rings. The molecular weight excluding hydrogens is 260 g/mol. The summed E-state index contributed by atoms with van der Waals surface area (Å²) in [5.74, 6) is 0. The Labute approximate surface area is 109 Å². The van der Waals surface area contributed by atoms with E-state index in [1.54, 1.807) is 6.20 Å². The third-order valence-electron chi connectivity index (χ3n) is 2.88. The molecule has 1 atom stereocenters. The quantitative estimate of drug-likeness (QED) is 0.906. The zero-order valence-corrected chi connectivity index (χ0v) is 11.1. The normalized spacial score (nSPS) is 20.2. The number of hydrogen-bond acceptors (Lipinski definition) is 5. The Kier molecular flexibility index (Phi) is 4.14. The second kappa shape index (κ2) is 5.46. The first-order valence-electron chi connectivity index (χ1n) is 5.83. The average Bonchev–Trinajstić information content (AvgIpc) is 2.78. The summed E-state index contributed by atoms with van der Waals surface area (Å²) in [6.07, 6.45) is -0.748. The van der Waals surface area contributed by atoms with Crippen molar-refractivity contribution in [1.82, 2.24) is 4.98 Å². The summed E-state index contributed by atoms with van der Waals surface area (Å²) in [6.45, 7) is 4.32. The lowest BCUT2D eigenvalue weighted by Gasteiger charge is -2.26. The fraction of sp³-hybridized carbons (Fsp3) is 0.727. The molecule has 1 aliphatic heterocycles. The third kappa shape index (κ3) is 3.15. The lowest BCUT2D eigenvalue weighted by Crippen LogP contribution is -2.45. The molecule has 2 N–H and O–H groups in total. The molecule has 0 spiro atoms. The number of halogens is 2. The summed E-state index contributed by atoms with van der Waals surface area (Å²) in [5.41, 5.74) is 4.08. The van der Waals surface area contributed by atoms with Gasteiger partial charge in [0.25, 0.3) is 6.43 Å². The molecule has 0 saturated carbocycles. The molecule has 1 aliphatic rings. The van der Waals surface area contributed by atoms with Crippen molar-refractivity contribution >= 4 is 16.5 Å². The Morgan fingerprint density at radius 2 is 2.22 bits per heavy atom. The number of nitrogens with zero attached hydrogens (tertiary/aromatic N) is 2. The van der Waals surface area contributed by atoms with Crippen LogP contribution in [-0.2, 0) is 11.2 Å². The highest BCUT2D eigenvalue weighted by Gasteiger charge is 2.31. The molecule has 1 unspecified atom stereocenters. The van der Waals surface area contributed by atoms with E-state index in [2.05, 4.69) is 9.88 Å². The van der Waals surface area contributed by atoms with Crippen LogP contribution in [0.2, 0.25) is 0 Å². The van der Waals surface area contributed by atoms with Crippen LogP contribution in [0.1, 0.15) is 11.8 Å². The van der Waals surface area contributed by atoms with Gasteiger partial charge < -0.3 is 15.4 Å². The lowest BCUT2D eigenvalue weighted by atomic mass is 10.00. The van der Waals surface area contributed by atoms with Crippen molar-refractivity contribution in [3.05, 3.63) is 11.1 Å². The summed E-state index contributed by atoms with van der Waals surface area (Å²) in [4.78, 5) is 7.17. The average molecular weight is 277 g/mol. The van der Waals surface area contributed by atoms with Crippen molar-refractivity contribution < 1.29 is 13.5 Å². The van der Waals surface area contributed by atoms with E-state index >= 15 is 0 Å². The third-order valence-corrected chi connectivity index (χ3v) is 3.93. The SMILES string of the molecule is CC(N)(Cc1cnc(N2CCOCC2)s1)C(F)F. The van der Waals surface area contributed by atoms with Crippen LogP contribution < -0.4 is 10.6 Å². The van der Waals surface area contributed by atoms with Crippen molar-refractivity contribution in [2.75, 3.05) is 31.2 Å². The molecular formula is C11H17F2N3OS. The molecule has 7 heteroatoms. The van der Waals surface area contributed by atoms with Gasteiger partial charge in [-0.05, 0) is 6.92 Å². The first-order valence-corrected chi connectivity index (χ1v) is 6.65. The fourth-order valence-electron chi connectivity index (χ4n) is 1.73. The summed E-state index contributed by atoms with van der Waals surface area (Å²) < 4.78 is 30.6. The lowest BCUT2D eigenvalue weighted by molar-refractivity contribution is 0.0643. The highest BCUT2D eigenvalue weighted by atomic mass is 32.1. The molecule has 18 heavy (non-hydrogen) atoms. The summed E-state index contributed by atoms with van der Waals surface area (Å²) >= 11 is 1.43. The van der Waals surface area contributed by atoms with E-state index in [0.717, 1.165) is 23.1 Å². The molecule has 4 nitrogen and oxygen atoms in total. The van der Waals surface area contributed by atoms with Gasteiger partial charge in [-0.15, -0.1) is 11.3 Å². The first-order chi connectivity index (χ1) is 8.49. The zero-order valence-electron chi connectivity index (χ0n) is 10.2. The highest BCUT2D eigenvalue weighted by molar-refractivity contribution is 7.15. The van der Waals surface area contributed by atoms with Gasteiger partial charge in [0.2, 0.25) is 0 Å². The van der Waals surface area contributed by atoms with Crippen LogP contribution in [0.25, 0.3) is 0 Å². The van der Waals surface area contributed by atoms with Crippen molar-refractivity contribution in [2.45, 2.75) is 25.3 Å². The molecule has 2 heterocycles. The molecule has 102 valence electrons. The fourth-order valence-corrected chi connectivity index (χ4v) is 2.87. The predicted molar refractivity (Wildman–Crippen MR) is 67.4 cm³/mol. The molecule has 1 aromatic heterocycles. The smallest absolute Gasteiger partial charge is 0.256 e. The number of aromatic nitrogens is 1. The van der Waals surface area contributed by atoms with E-state index in [-0.39, 0.29) is 6.42 Å². The minimum atomic E-state index is -2.54. The Morgan fingerprint density at radius 1 is 1.56 bits per heavy atom. The van der Waals surface area contributed by atoms with E-state index in [4.69, 9.17) is 10.5 Å². The van der Waals surface area contributed by atoms with Gasteiger partial charge in [-0.1, -0.05) is 0 Å². The summed E-state index contributed by atoms with van der Waals surface area (Å²) in [6, 6.07) is 0. The van der Waals surface area contributed by atoms with E-state index in [9.17, 15) is 8.78 Å². The number of anilines is 1. The number of nitrogens with two attached hydrogens (primary N) is 1. The van der Waals surface area contributed by atoms with Gasteiger partial charge in [-0.2, -0.15) is 0 Å². The van der Waals surface area contributed by atoms with Gasteiger partial charge in [0.15, 0.2) is 5.13 Å². The van der Waals surface area contributed by atoms with Gasteiger partial charge in [0, 0.05) is 30.6 Å². The molecule has 1 aromatic rings. The van der Waals surface area contributed by atoms with E-state index in [1.165, 1.54) is 18.3 Å². The minimum absolute atomic E-state index is 0.146. The standard InChI is InChI=1S/C11H17F2N3OS/c1-11(14,9(12)13)6-8-7-15-10(18-8)16-2-4-17-5-3-16/h7,9H,2-6,14H2,1H3. The predicted octanol–water partition coefficient (Wildman–Crippen LogP) is 1.50. The molecule has 0 bridgehead atoms. The van der Waals surface area contributed by atoms with Gasteiger partial charge in [-0.3, -0.25) is 0 Å². The molecule has 0 aliphatic carbocycles. The molecule has 0 amide bonds. The zero-order chi connectivity index (χ0) is 13.2. The molecule has 1 saturated heterocycles. The van der Waals surface area contributed by atoms with Crippen LogP contribution in [0.5, 0.6) is 0 Å². The largest absolute Gasteiger partial charge is 0.378 e. The van der Waals surface area contributed by atoms with Crippen LogP contribution in [-0.4, -0.2) is 43.3 Å². The van der Waals surface area contributed by atoms with E-state index < -0.39 is 12.0 Å². The Balaban J connectivity index is 2.01. The number of alkyl halides is 2. The monoisotopic (exact) mass is 277 g/mol. The Bertz CT molecular complexity index is 391. The first kappa shape index (κ1) is 13.6. The maximum absolute atomic E-state index is 12.7. The number of morpholine rings is 1. The molecule has 0 radical (unpaired) electrons. The Morgan fingerprint density at radius 3 is 2.83 bits per heavy atom. The minimum Gasteiger partial charge on any atom is -0.378 e. The van der Waals surface area contributed by atoms with Crippen molar-refractivity contribution in [1.29, 1.82) is 0 Å². The molecule has 2 rings (SSSR count). The van der Waals surface area contributed by atoms with E-state index in [0.29, 0.717) is 13.2 Å². The summed E-state index contributed by atoms with van der Waals surface area (Å²) in [5, 5.41) is 0.860. The van der Waals surface area contributed by atoms with Crippen LogP contribution in [0.15, 0.2) is 6.20 Å². The highest BCUT2D eigenvalue weighted by Crippen LogP contribution is 2.27. The Hall–Kier alpha value is -0.790. The molecule has 0 aromatic carbocycles. The topological polar surface area (TPSA) is 51.4 Å². The van der Waals surface area contributed by atoms with Crippen LogP contribution in [0.4, 0.5) is 13.9 Å². The van der Waals surface area contributed by atoms with Crippen molar-refractivity contribution in [3.8, 4) is 0 Å². The number of hydrogen-bond donors (Lipinski definition) is 1. The van der Waals surface area contributed by atoms with Gasteiger partial charge >= 0.3 is 0 Å². The second-order valence-corrected chi connectivity index (χ2v) is 5.79. The van der Waals surface area contributed by atoms with Crippen molar-refractivity contribution in [3.63, 3.8) is 0 Å². The van der Waals surface area contributed by atoms with Crippen LogP contribution >= 0.6 is 11.3 Å². The number of rotatable bonds is 4. The van der Waals surface area contributed by atoms with Gasteiger partial charge in [0.1, 0.15) is 0 Å². The maximum Gasteiger partial charge on any atom is 0.256 e. The number of thiazole rings is 1. The maximum atomic E-state index is 12.7. The number of ether oxygens (including phenoxy) is 1. The van der Waals surface area contributed by atoms with Crippen LogP contribution in [0.3, 0.4) is 0 Å². The summed E-state index contributed by atoms with van der Waals surface area (Å²) in [7, 11) is 0. The van der Waals surface area contributed by atoms with Crippen molar-refractivity contribution in [2.24, 2.45) is 5.73 Å². The second-order valence-electron chi connectivity index (χ2n) is 4.69. The van der Waals surface area contributed by atoms with E-state index in [1.807, 2.05) is 0 Å². The van der Waals surface area contributed by atoms with Gasteiger partial charge in [-0.25, -0.2) is 13.8 Å². The van der Waals surface area contributed by atoms with Crippen LogP contribution in [0, 0.1) is 0 Å².